The second-order valence-corrected chi connectivity index (χ2v) is 15.9. The second kappa shape index (κ2) is 14.4. The van der Waals surface area contributed by atoms with Crippen LogP contribution in [-0.2, 0) is 4.57 Å². The lowest BCUT2D eigenvalue weighted by Crippen LogP contribution is -2.25. The van der Waals surface area contributed by atoms with Crippen molar-refractivity contribution >= 4 is 33.8 Å². The molecule has 9 rings (SSSR count). The average Bonchev–Trinajstić information content (AvgIpc) is 3.27. The average molecular weight is 712 g/mol. The molecule has 5 heteroatoms. The predicted molar refractivity (Wildman–Crippen MR) is 224 cm³/mol. The van der Waals surface area contributed by atoms with Gasteiger partial charge in [0.25, 0.3) is 0 Å². The number of fused-ring (bicyclic) bond motifs is 1. The van der Waals surface area contributed by atoms with Gasteiger partial charge in [-0.3, -0.25) is 0 Å². The van der Waals surface area contributed by atoms with Crippen molar-refractivity contribution in [1.29, 1.82) is 0 Å². The van der Waals surface area contributed by atoms with E-state index in [1.165, 1.54) is 0 Å². The van der Waals surface area contributed by atoms with Gasteiger partial charge in [0.05, 0.1) is 0 Å². The number of nitrogens with zero attached hydrogens (tertiary/aromatic N) is 3. The monoisotopic (exact) mass is 711 g/mol. The van der Waals surface area contributed by atoms with Gasteiger partial charge in [-0.05, 0) is 45.2 Å². The van der Waals surface area contributed by atoms with E-state index in [0.29, 0.717) is 17.5 Å². The molecule has 0 saturated heterocycles. The zero-order chi connectivity index (χ0) is 36.3. The van der Waals surface area contributed by atoms with Crippen molar-refractivity contribution < 1.29 is 4.57 Å². The van der Waals surface area contributed by atoms with E-state index in [4.69, 9.17) is 15.0 Å². The first-order chi connectivity index (χ1) is 26.6. The maximum atomic E-state index is 15.2. The molecule has 1 aromatic heterocycles. The van der Waals surface area contributed by atoms with Crippen molar-refractivity contribution in [2.24, 2.45) is 0 Å². The first-order valence-electron chi connectivity index (χ1n) is 18.0. The first kappa shape index (κ1) is 33.1. The molecule has 1 heterocycles. The molecule has 8 aromatic carbocycles. The Balaban J connectivity index is 1.15. The van der Waals surface area contributed by atoms with Gasteiger partial charge in [0.15, 0.2) is 24.6 Å². The molecule has 0 spiro atoms. The van der Waals surface area contributed by atoms with Crippen LogP contribution in [0.3, 0.4) is 0 Å². The molecule has 256 valence electrons. The largest absolute Gasteiger partial charge is 0.309 e. The van der Waals surface area contributed by atoms with Crippen LogP contribution in [0.2, 0.25) is 0 Å². The summed E-state index contributed by atoms with van der Waals surface area (Å²) in [4.78, 5) is 14.8. The standard InChI is InChI=1S/C49H34N3OP/c53-54(40-24-9-3-10-25-40,41-26-11-4-12-27-41)42-28-16-22-38(34-42)44-32-31-43(45-29-13-14-30-46(44)45)37-21-15-23-39(33-37)49-51-47(35-17-5-1-6-18-35)50-48(52-49)36-19-7-2-8-20-36/h1-34H. The lowest BCUT2D eigenvalue weighted by Gasteiger charge is -2.21. The number of benzene rings is 8. The van der Waals surface area contributed by atoms with Crippen molar-refractivity contribution in [3.05, 3.63) is 206 Å². The molecule has 54 heavy (non-hydrogen) atoms. The van der Waals surface area contributed by atoms with Crippen molar-refractivity contribution in [3.63, 3.8) is 0 Å². The lowest BCUT2D eigenvalue weighted by molar-refractivity contribution is 0.592. The van der Waals surface area contributed by atoms with E-state index in [2.05, 4.69) is 72.8 Å². The number of hydrogen-bond acceptors (Lipinski definition) is 4. The van der Waals surface area contributed by atoms with Crippen molar-refractivity contribution in [2.45, 2.75) is 0 Å². The summed E-state index contributed by atoms with van der Waals surface area (Å²) < 4.78 is 15.2. The fourth-order valence-electron chi connectivity index (χ4n) is 7.16. The molecule has 0 N–H and O–H groups in total. The van der Waals surface area contributed by atoms with Crippen molar-refractivity contribution in [2.75, 3.05) is 0 Å². The second-order valence-electron chi connectivity index (χ2n) is 13.2. The molecule has 0 bridgehead atoms. The Morgan fingerprint density at radius 2 is 0.648 bits per heavy atom. The van der Waals surface area contributed by atoms with Crippen LogP contribution < -0.4 is 15.9 Å². The molecule has 0 aliphatic rings. The molecule has 0 fully saturated rings. The minimum atomic E-state index is -3.14. The van der Waals surface area contributed by atoms with Crippen LogP contribution in [0.15, 0.2) is 206 Å². The van der Waals surface area contributed by atoms with E-state index < -0.39 is 7.14 Å². The molecule has 0 unspecified atom stereocenters. The summed E-state index contributed by atoms with van der Waals surface area (Å²) in [6, 6.07) is 69.3. The summed E-state index contributed by atoms with van der Waals surface area (Å²) in [5, 5.41) is 4.68. The summed E-state index contributed by atoms with van der Waals surface area (Å²) in [5.41, 5.74) is 7.04. The van der Waals surface area contributed by atoms with E-state index in [1.54, 1.807) is 0 Å². The fourth-order valence-corrected chi connectivity index (χ4v) is 9.85. The van der Waals surface area contributed by atoms with Gasteiger partial charge in [-0.25, -0.2) is 15.0 Å². The van der Waals surface area contributed by atoms with Crippen LogP contribution in [0, 0.1) is 0 Å². The van der Waals surface area contributed by atoms with Crippen molar-refractivity contribution in [1.82, 2.24) is 15.0 Å². The first-order valence-corrected chi connectivity index (χ1v) is 19.7. The third kappa shape index (κ3) is 6.23. The Hall–Kier alpha value is -6.74. The van der Waals surface area contributed by atoms with Crippen LogP contribution in [0.25, 0.3) is 67.2 Å². The fraction of sp³-hybridized carbons (Fsp3) is 0. The van der Waals surface area contributed by atoms with E-state index in [-0.39, 0.29) is 0 Å². The van der Waals surface area contributed by atoms with Crippen LogP contribution in [0.5, 0.6) is 0 Å². The lowest BCUT2D eigenvalue weighted by atomic mass is 9.91. The summed E-state index contributed by atoms with van der Waals surface area (Å²) in [6.07, 6.45) is 0. The molecule has 9 aromatic rings. The number of rotatable bonds is 8. The summed E-state index contributed by atoms with van der Waals surface area (Å²) in [5.74, 6) is 1.88. The maximum Gasteiger partial charge on any atom is 0.171 e. The van der Waals surface area contributed by atoms with Crippen LogP contribution >= 0.6 is 7.14 Å². The van der Waals surface area contributed by atoms with Gasteiger partial charge in [-0.2, -0.15) is 0 Å². The van der Waals surface area contributed by atoms with Crippen LogP contribution in [0.1, 0.15) is 0 Å². The highest BCUT2D eigenvalue weighted by Gasteiger charge is 2.30. The van der Waals surface area contributed by atoms with Gasteiger partial charge < -0.3 is 4.57 Å². The molecule has 0 saturated carbocycles. The zero-order valence-corrected chi connectivity index (χ0v) is 30.2. The van der Waals surface area contributed by atoms with E-state index in [0.717, 1.165) is 65.6 Å². The number of hydrogen-bond donors (Lipinski definition) is 0. The molecule has 0 atom stereocenters. The quantitative estimate of drug-likeness (QED) is 0.147. The van der Waals surface area contributed by atoms with Gasteiger partial charge in [0.2, 0.25) is 0 Å². The minimum absolute atomic E-state index is 0.614. The van der Waals surface area contributed by atoms with E-state index >= 15 is 4.57 Å². The van der Waals surface area contributed by atoms with Gasteiger partial charge in [0.1, 0.15) is 0 Å². The highest BCUT2D eigenvalue weighted by molar-refractivity contribution is 7.85. The Morgan fingerprint density at radius 1 is 0.296 bits per heavy atom. The highest BCUT2D eigenvalue weighted by atomic mass is 31.2. The van der Waals surface area contributed by atoms with E-state index in [1.807, 2.05) is 133 Å². The van der Waals surface area contributed by atoms with Gasteiger partial charge in [-0.1, -0.05) is 194 Å². The smallest absolute Gasteiger partial charge is 0.171 e. The minimum Gasteiger partial charge on any atom is -0.309 e. The maximum absolute atomic E-state index is 15.2. The molecule has 4 nitrogen and oxygen atoms in total. The van der Waals surface area contributed by atoms with Gasteiger partial charge in [-0.15, -0.1) is 0 Å². The van der Waals surface area contributed by atoms with Gasteiger partial charge in [0, 0.05) is 32.6 Å². The molecule has 0 aliphatic carbocycles. The molecule has 0 amide bonds. The highest BCUT2D eigenvalue weighted by Crippen LogP contribution is 2.44. The van der Waals surface area contributed by atoms with Crippen LogP contribution in [0.4, 0.5) is 0 Å². The van der Waals surface area contributed by atoms with E-state index in [9.17, 15) is 0 Å². The Labute approximate surface area is 314 Å². The van der Waals surface area contributed by atoms with Gasteiger partial charge >= 0.3 is 0 Å². The molecular weight excluding hydrogens is 678 g/mol. The summed E-state index contributed by atoms with van der Waals surface area (Å²) >= 11 is 0. The molecular formula is C49H34N3OP. The topological polar surface area (TPSA) is 55.7 Å². The third-order valence-electron chi connectivity index (χ3n) is 9.82. The zero-order valence-electron chi connectivity index (χ0n) is 29.3. The SMILES string of the molecule is O=P(c1ccccc1)(c1ccccc1)c1cccc(-c2ccc(-c3cccc(-c4nc(-c5ccccc5)nc(-c5ccccc5)n4)c3)c3ccccc23)c1. The Kier molecular flexibility index (Phi) is 8.80. The molecule has 0 aliphatic heterocycles. The normalized spacial score (nSPS) is 11.4. The summed E-state index contributed by atoms with van der Waals surface area (Å²) in [7, 11) is -3.14. The number of aromatic nitrogens is 3. The Bertz CT molecular complexity index is 2690. The molecule has 0 radical (unpaired) electrons. The third-order valence-corrected chi connectivity index (χ3v) is 12.9. The van der Waals surface area contributed by atoms with Crippen LogP contribution in [-0.4, -0.2) is 15.0 Å². The summed E-state index contributed by atoms with van der Waals surface area (Å²) in [6.45, 7) is 0. The Morgan fingerprint density at radius 3 is 1.15 bits per heavy atom. The predicted octanol–water partition coefficient (Wildman–Crippen LogP) is 11.0. The van der Waals surface area contributed by atoms with Crippen molar-refractivity contribution in [3.8, 4) is 56.4 Å².